The molecule has 0 aliphatic heterocycles. The Morgan fingerprint density at radius 3 is 2.15 bits per heavy atom. The summed E-state index contributed by atoms with van der Waals surface area (Å²) in [6, 6.07) is 23.1. The van der Waals surface area contributed by atoms with Gasteiger partial charge in [-0.2, -0.15) is 0 Å². The molecule has 0 amide bonds. The van der Waals surface area contributed by atoms with E-state index in [1.165, 1.54) is 16.5 Å². The van der Waals surface area contributed by atoms with Crippen molar-refractivity contribution in [2.24, 2.45) is 0 Å². The van der Waals surface area contributed by atoms with Crippen molar-refractivity contribution >= 4 is 18.7 Å². The molecule has 0 fully saturated rings. The number of hydrogen-bond donors (Lipinski definition) is 0. The van der Waals surface area contributed by atoms with Gasteiger partial charge >= 0.3 is 111 Å². The maximum absolute atomic E-state index is 10.5. The first-order chi connectivity index (χ1) is 12.8. The zero-order valence-corrected chi connectivity index (χ0v) is 15.0. The number of aromatic nitrogens is 2. The Morgan fingerprint density at radius 2 is 1.42 bits per heavy atom. The van der Waals surface area contributed by atoms with E-state index in [4.69, 9.17) is 0 Å². The molecule has 0 spiro atoms. The molecule has 26 heavy (non-hydrogen) atoms. The van der Waals surface area contributed by atoms with Gasteiger partial charge in [0.05, 0.1) is 0 Å². The van der Waals surface area contributed by atoms with Crippen LogP contribution in [0.15, 0.2) is 91.5 Å². The number of fused-ring (bicyclic) bond motifs is 1. The fraction of sp³-hybridized carbons (Fsp3) is 0.0455. The van der Waals surface area contributed by atoms with Crippen LogP contribution in [-0.2, 0) is 11.1 Å². The van der Waals surface area contributed by atoms with Crippen LogP contribution in [0.1, 0.15) is 0 Å². The second-order valence-corrected chi connectivity index (χ2v) is 6.50. The molecule has 0 atom stereocenters. The molecule has 0 bridgehead atoms. The van der Waals surface area contributed by atoms with Crippen molar-refractivity contribution in [2.45, 2.75) is 6.54 Å². The Morgan fingerprint density at radius 1 is 0.769 bits per heavy atom. The molecule has 4 rings (SSSR count). The zero-order valence-electron chi connectivity index (χ0n) is 14.1. The zero-order chi connectivity index (χ0) is 17.8. The summed E-state index contributed by atoms with van der Waals surface area (Å²) >= 11 is 0. The first-order valence-electron chi connectivity index (χ1n) is 8.39. The van der Waals surface area contributed by atoms with Crippen LogP contribution in [0.5, 0.6) is 0 Å². The van der Waals surface area contributed by atoms with Gasteiger partial charge in [-0.15, -0.1) is 0 Å². The Bertz CT molecular complexity index is 1160. The topological polar surface area (TPSA) is 24.8 Å². The van der Waals surface area contributed by atoms with Crippen LogP contribution in [0.4, 0.5) is 0 Å². The van der Waals surface area contributed by atoms with Gasteiger partial charge in [-0.1, -0.05) is 30.3 Å². The minimum atomic E-state index is -0.0596. The average molecular weight is 356 g/mol. The van der Waals surface area contributed by atoms with Gasteiger partial charge in [0.1, 0.15) is 0 Å². The second kappa shape index (κ2) is 7.49. The van der Waals surface area contributed by atoms with E-state index in [1.807, 2.05) is 17.0 Å². The molecule has 2 aromatic carbocycles. The van der Waals surface area contributed by atoms with Crippen molar-refractivity contribution < 1.29 is 13.7 Å². The Kier molecular flexibility index (Phi) is 4.75. The van der Waals surface area contributed by atoms with E-state index in [0.29, 0.717) is 6.54 Å². The average Bonchev–Trinajstić information content (AvgIpc) is 2.72. The molecule has 4 aromatic rings. The van der Waals surface area contributed by atoms with Gasteiger partial charge in [0.25, 0.3) is 0 Å². The molecule has 4 heteroatoms. The number of rotatable bonds is 3. The second-order valence-electron chi connectivity index (χ2n) is 6.00. The van der Waals surface area contributed by atoms with Crippen LogP contribution in [-0.4, -0.2) is 0 Å². The van der Waals surface area contributed by atoms with Crippen LogP contribution >= 0.6 is 7.92 Å². The van der Waals surface area contributed by atoms with E-state index in [0.717, 1.165) is 11.1 Å². The number of benzene rings is 2. The number of nitrogens with zero attached hydrogens (tertiary/aromatic N) is 2. The quantitative estimate of drug-likeness (QED) is 0.396. The number of pyridine rings is 2. The molecule has 0 saturated carbocycles. The van der Waals surface area contributed by atoms with Gasteiger partial charge in [0.15, 0.2) is 0 Å². The molecule has 3 nitrogen and oxygen atoms in total. The van der Waals surface area contributed by atoms with Crippen LogP contribution in [0.25, 0.3) is 27.6 Å². The van der Waals surface area contributed by atoms with Crippen LogP contribution in [0.3, 0.4) is 0 Å². The Labute approximate surface area is 153 Å². The Hall–Kier alpha value is -2.99. The van der Waals surface area contributed by atoms with Crippen molar-refractivity contribution in [1.29, 1.82) is 0 Å². The van der Waals surface area contributed by atoms with Crippen molar-refractivity contribution in [3.8, 4) is 22.4 Å². The monoisotopic (exact) mass is 356 g/mol. The molecule has 0 saturated heterocycles. The van der Waals surface area contributed by atoms with E-state index in [1.54, 1.807) is 0 Å². The van der Waals surface area contributed by atoms with Crippen molar-refractivity contribution in [3.63, 3.8) is 0 Å². The van der Waals surface area contributed by atoms with Gasteiger partial charge < -0.3 is 0 Å². The molecule has 0 aliphatic rings. The first kappa shape index (κ1) is 16.5. The third-order valence-electron chi connectivity index (χ3n) is 4.42. The van der Waals surface area contributed by atoms with Crippen molar-refractivity contribution in [2.75, 3.05) is 0 Å². The predicted molar refractivity (Wildman–Crippen MR) is 103 cm³/mol. The third kappa shape index (κ3) is 3.36. The molecule has 0 unspecified atom stereocenters. The van der Waals surface area contributed by atoms with E-state index in [2.05, 4.69) is 89.3 Å². The summed E-state index contributed by atoms with van der Waals surface area (Å²) in [7, 11) is -0.0596. The SMILES string of the molecule is O=P#CC[n+]1ccc(-c2cc[n+](-c3cccc4ccccc34)cc2)cc1. The fourth-order valence-corrected chi connectivity index (χ4v) is 3.30. The van der Waals surface area contributed by atoms with Gasteiger partial charge in [-0.05, 0) is 11.5 Å². The van der Waals surface area contributed by atoms with Crippen LogP contribution in [0, 0.1) is 5.63 Å². The van der Waals surface area contributed by atoms with E-state index in [-0.39, 0.29) is 7.92 Å². The molecule has 124 valence electrons. The van der Waals surface area contributed by atoms with Crippen molar-refractivity contribution in [1.82, 2.24) is 0 Å². The molecule has 2 heterocycles. The van der Waals surface area contributed by atoms with E-state index < -0.39 is 0 Å². The van der Waals surface area contributed by atoms with Gasteiger partial charge in [0, 0.05) is 0 Å². The third-order valence-corrected chi connectivity index (χ3v) is 4.69. The predicted octanol–water partition coefficient (Wildman–Crippen LogP) is 4.32. The summed E-state index contributed by atoms with van der Waals surface area (Å²) in [5.74, 6) is 0. The van der Waals surface area contributed by atoms with Gasteiger partial charge in [0.2, 0.25) is 0 Å². The molecule has 0 radical (unpaired) electrons. The van der Waals surface area contributed by atoms with E-state index in [9.17, 15) is 4.57 Å². The normalized spacial score (nSPS) is 10.5. The molecular weight excluding hydrogens is 339 g/mol. The summed E-state index contributed by atoms with van der Waals surface area (Å²) in [5.41, 5.74) is 6.21. The van der Waals surface area contributed by atoms with Crippen molar-refractivity contribution in [3.05, 3.63) is 91.5 Å². The molecule has 0 aliphatic carbocycles. The van der Waals surface area contributed by atoms with Gasteiger partial charge in [-0.25, -0.2) is 0 Å². The van der Waals surface area contributed by atoms with E-state index >= 15 is 0 Å². The molecule has 2 aromatic heterocycles. The minimum absolute atomic E-state index is 0.0596. The van der Waals surface area contributed by atoms with Crippen LogP contribution < -0.4 is 9.13 Å². The summed E-state index contributed by atoms with van der Waals surface area (Å²) < 4.78 is 14.6. The first-order valence-corrected chi connectivity index (χ1v) is 9.20. The summed E-state index contributed by atoms with van der Waals surface area (Å²) in [5, 5.41) is 2.47. The molecular formula is C22H17N2OP+2. The summed E-state index contributed by atoms with van der Waals surface area (Å²) in [4.78, 5) is 0. The Balaban J connectivity index is 1.66. The maximum atomic E-state index is 10.5. The number of hydrogen-bond acceptors (Lipinski definition) is 1. The van der Waals surface area contributed by atoms with Gasteiger partial charge in [-0.3, -0.25) is 0 Å². The molecule has 0 N–H and O–H groups in total. The summed E-state index contributed by atoms with van der Waals surface area (Å²) in [6.45, 7) is 0.515. The standard InChI is InChI=1S/C22H17N2OP/c25-26-17-16-23-12-8-18(9-13-23)19-10-14-24(15-11-19)22-7-3-5-20-4-1-2-6-21(20)22/h1-15H,16H2/q+2. The summed E-state index contributed by atoms with van der Waals surface area (Å²) in [6.07, 6.45) is 8.13. The fourth-order valence-electron chi connectivity index (χ4n) is 3.08. The van der Waals surface area contributed by atoms with Crippen LogP contribution in [0.2, 0.25) is 0 Å².